The second-order valence-corrected chi connectivity index (χ2v) is 4.76. The summed E-state index contributed by atoms with van der Waals surface area (Å²) in [5, 5.41) is 0. The molecule has 0 aliphatic heterocycles. The minimum atomic E-state index is 0.460. The van der Waals surface area contributed by atoms with Crippen LogP contribution in [0.5, 0.6) is 0 Å². The summed E-state index contributed by atoms with van der Waals surface area (Å²) in [5.74, 6) is 1.18. The Morgan fingerprint density at radius 3 is 2.20 bits per heavy atom. The molecule has 1 aromatic heterocycles. The van der Waals surface area contributed by atoms with Gasteiger partial charge in [0.1, 0.15) is 0 Å². The molecule has 3 rings (SSSR count). The van der Waals surface area contributed by atoms with E-state index in [1.54, 1.807) is 0 Å². The number of aromatic nitrogens is 2. The van der Waals surface area contributed by atoms with Crippen molar-refractivity contribution in [3.63, 3.8) is 0 Å². The molecule has 2 N–H and O–H groups in total. The number of fused-ring (bicyclic) bond motifs is 1. The summed E-state index contributed by atoms with van der Waals surface area (Å²) in [4.78, 5) is 11.0. The monoisotopic (exact) mass is 264 g/mol. The maximum atomic E-state index is 6.03. The molecule has 4 nitrogen and oxygen atoms in total. The molecule has 2 aromatic carbocycles. The lowest BCUT2D eigenvalue weighted by molar-refractivity contribution is 0.900. The molecular weight excluding hydrogens is 248 g/mol. The number of anilines is 2. The van der Waals surface area contributed by atoms with Crippen LogP contribution in [0.1, 0.15) is 5.56 Å². The van der Waals surface area contributed by atoms with E-state index in [4.69, 9.17) is 5.73 Å². The van der Waals surface area contributed by atoms with E-state index in [-0.39, 0.29) is 0 Å². The van der Waals surface area contributed by atoms with Gasteiger partial charge < -0.3 is 10.6 Å². The lowest BCUT2D eigenvalue weighted by Gasteiger charge is -2.19. The van der Waals surface area contributed by atoms with Gasteiger partial charge in [0.15, 0.2) is 11.6 Å². The Balaban J connectivity index is 1.95. The third kappa shape index (κ3) is 2.40. The molecule has 20 heavy (non-hydrogen) atoms. The zero-order chi connectivity index (χ0) is 13.9. The van der Waals surface area contributed by atoms with Crippen LogP contribution in [0.15, 0.2) is 54.6 Å². The molecule has 0 radical (unpaired) electrons. The van der Waals surface area contributed by atoms with Crippen molar-refractivity contribution in [2.24, 2.45) is 0 Å². The summed E-state index contributed by atoms with van der Waals surface area (Å²) in [6, 6.07) is 18.0. The molecule has 0 unspecified atom stereocenters. The molecule has 1 heterocycles. The first-order valence-electron chi connectivity index (χ1n) is 6.51. The fourth-order valence-corrected chi connectivity index (χ4v) is 2.22. The van der Waals surface area contributed by atoms with Crippen molar-refractivity contribution < 1.29 is 0 Å². The first kappa shape index (κ1) is 12.4. The fraction of sp³-hybridized carbons (Fsp3) is 0.125. The van der Waals surface area contributed by atoms with Gasteiger partial charge in [-0.2, -0.15) is 0 Å². The second kappa shape index (κ2) is 5.17. The summed E-state index contributed by atoms with van der Waals surface area (Å²) in [6.07, 6.45) is 0. The lowest BCUT2D eigenvalue weighted by Crippen LogP contribution is -2.19. The average molecular weight is 264 g/mol. The molecule has 0 atom stereocenters. The Labute approximate surface area is 117 Å². The Hall–Kier alpha value is -2.62. The Kier molecular flexibility index (Phi) is 3.21. The number of para-hydroxylation sites is 2. The molecule has 3 aromatic rings. The molecule has 4 heteroatoms. The molecular formula is C16H16N4. The van der Waals surface area contributed by atoms with Gasteiger partial charge in [-0.1, -0.05) is 42.5 Å². The van der Waals surface area contributed by atoms with Crippen molar-refractivity contribution >= 4 is 22.7 Å². The standard InChI is InChI=1S/C16H16N4/c1-20(11-12-7-3-2-4-8-12)16-15(17)18-13-9-5-6-10-14(13)19-16/h2-10H,11H2,1H3,(H2,17,18). The average Bonchev–Trinajstić information content (AvgIpc) is 2.47. The van der Waals surface area contributed by atoms with Gasteiger partial charge in [-0.3, -0.25) is 0 Å². The predicted molar refractivity (Wildman–Crippen MR) is 82.5 cm³/mol. The van der Waals surface area contributed by atoms with E-state index in [1.807, 2.05) is 54.4 Å². The quantitative estimate of drug-likeness (QED) is 0.790. The highest BCUT2D eigenvalue weighted by atomic mass is 15.2. The number of nitrogens with zero attached hydrogens (tertiary/aromatic N) is 3. The summed E-state index contributed by atoms with van der Waals surface area (Å²) >= 11 is 0. The summed E-state index contributed by atoms with van der Waals surface area (Å²) in [6.45, 7) is 0.748. The van der Waals surface area contributed by atoms with Crippen molar-refractivity contribution in [1.82, 2.24) is 9.97 Å². The number of rotatable bonds is 3. The third-order valence-electron chi connectivity index (χ3n) is 3.20. The molecule has 0 bridgehead atoms. The highest BCUT2D eigenvalue weighted by Gasteiger charge is 2.10. The molecule has 0 aliphatic carbocycles. The van der Waals surface area contributed by atoms with E-state index in [9.17, 15) is 0 Å². The van der Waals surface area contributed by atoms with Crippen LogP contribution in [-0.2, 0) is 6.54 Å². The van der Waals surface area contributed by atoms with E-state index in [1.165, 1.54) is 5.56 Å². The van der Waals surface area contributed by atoms with Crippen molar-refractivity contribution in [2.45, 2.75) is 6.54 Å². The van der Waals surface area contributed by atoms with Gasteiger partial charge in [0.25, 0.3) is 0 Å². The minimum absolute atomic E-state index is 0.460. The van der Waals surface area contributed by atoms with Crippen LogP contribution in [0.4, 0.5) is 11.6 Å². The number of nitrogens with two attached hydrogens (primary N) is 1. The van der Waals surface area contributed by atoms with Gasteiger partial charge in [0.05, 0.1) is 11.0 Å². The minimum Gasteiger partial charge on any atom is -0.381 e. The van der Waals surface area contributed by atoms with Crippen LogP contribution in [0.25, 0.3) is 11.0 Å². The van der Waals surface area contributed by atoms with Crippen LogP contribution in [0, 0.1) is 0 Å². The molecule has 0 fully saturated rings. The van der Waals surface area contributed by atoms with Crippen LogP contribution >= 0.6 is 0 Å². The van der Waals surface area contributed by atoms with Crippen LogP contribution in [0.3, 0.4) is 0 Å². The second-order valence-electron chi connectivity index (χ2n) is 4.76. The summed E-state index contributed by atoms with van der Waals surface area (Å²) < 4.78 is 0. The van der Waals surface area contributed by atoms with Gasteiger partial charge >= 0.3 is 0 Å². The predicted octanol–water partition coefficient (Wildman–Crippen LogP) is 2.85. The maximum Gasteiger partial charge on any atom is 0.172 e. The van der Waals surface area contributed by atoms with Crippen molar-refractivity contribution in [1.29, 1.82) is 0 Å². The lowest BCUT2D eigenvalue weighted by atomic mass is 10.2. The van der Waals surface area contributed by atoms with E-state index >= 15 is 0 Å². The van der Waals surface area contributed by atoms with E-state index in [0.29, 0.717) is 11.6 Å². The van der Waals surface area contributed by atoms with Crippen molar-refractivity contribution in [2.75, 3.05) is 17.7 Å². The highest BCUT2D eigenvalue weighted by molar-refractivity contribution is 5.79. The van der Waals surface area contributed by atoms with Gasteiger partial charge in [-0.25, -0.2) is 9.97 Å². The van der Waals surface area contributed by atoms with Crippen molar-refractivity contribution in [3.8, 4) is 0 Å². The fourth-order valence-electron chi connectivity index (χ4n) is 2.22. The topological polar surface area (TPSA) is 55.0 Å². The molecule has 0 aliphatic rings. The molecule has 0 saturated carbocycles. The van der Waals surface area contributed by atoms with Gasteiger partial charge in [-0.05, 0) is 17.7 Å². The van der Waals surface area contributed by atoms with E-state index in [0.717, 1.165) is 17.6 Å². The largest absolute Gasteiger partial charge is 0.381 e. The third-order valence-corrected chi connectivity index (χ3v) is 3.20. The Morgan fingerprint density at radius 2 is 1.50 bits per heavy atom. The Bertz CT molecular complexity index is 725. The smallest absolute Gasteiger partial charge is 0.172 e. The van der Waals surface area contributed by atoms with E-state index < -0.39 is 0 Å². The first-order chi connectivity index (χ1) is 9.74. The zero-order valence-electron chi connectivity index (χ0n) is 11.3. The first-order valence-corrected chi connectivity index (χ1v) is 6.51. The number of hydrogen-bond acceptors (Lipinski definition) is 4. The molecule has 0 saturated heterocycles. The SMILES string of the molecule is CN(Cc1ccccc1)c1nc2ccccc2nc1N. The number of hydrogen-bond donors (Lipinski definition) is 1. The number of nitrogen functional groups attached to an aromatic ring is 1. The highest BCUT2D eigenvalue weighted by Crippen LogP contribution is 2.22. The zero-order valence-corrected chi connectivity index (χ0v) is 11.3. The molecule has 0 amide bonds. The van der Waals surface area contributed by atoms with Gasteiger partial charge in [0.2, 0.25) is 0 Å². The molecule has 0 spiro atoms. The summed E-state index contributed by atoms with van der Waals surface area (Å²) in [5.41, 5.74) is 8.92. The Morgan fingerprint density at radius 1 is 0.900 bits per heavy atom. The van der Waals surface area contributed by atoms with Gasteiger partial charge in [-0.15, -0.1) is 0 Å². The molecule has 100 valence electrons. The van der Waals surface area contributed by atoms with E-state index in [2.05, 4.69) is 22.1 Å². The summed E-state index contributed by atoms with van der Waals surface area (Å²) in [7, 11) is 1.97. The number of benzene rings is 2. The van der Waals surface area contributed by atoms with Crippen LogP contribution in [-0.4, -0.2) is 17.0 Å². The normalized spacial score (nSPS) is 10.7. The van der Waals surface area contributed by atoms with Crippen molar-refractivity contribution in [3.05, 3.63) is 60.2 Å². The van der Waals surface area contributed by atoms with Crippen LogP contribution in [0.2, 0.25) is 0 Å². The van der Waals surface area contributed by atoms with Crippen LogP contribution < -0.4 is 10.6 Å². The maximum absolute atomic E-state index is 6.03. The van der Waals surface area contributed by atoms with Gasteiger partial charge in [0, 0.05) is 13.6 Å².